The maximum atomic E-state index is 14.3. The van der Waals surface area contributed by atoms with Crippen LogP contribution in [0.15, 0.2) is 54.7 Å². The number of carbonyl (C=O) groups excluding carboxylic acids is 20. The maximum Gasteiger partial charge on any atom is 0.328 e. The second kappa shape index (κ2) is 56.7. The largest absolute Gasteiger partial charge is 0.467 e. The molecule has 125 heavy (non-hydrogen) atoms. The number of hydroxylamine groups is 4. The molecule has 0 aliphatic rings. The van der Waals surface area contributed by atoms with E-state index < -0.39 is 255 Å². The maximum absolute atomic E-state index is 14.3. The number of aromatic nitrogens is 1. The Morgan fingerprint density at radius 1 is 0.432 bits per heavy atom. The molecule has 13 atom stereocenters. The zero-order chi connectivity index (χ0) is 93.4. The number of aliphatic hydroxyl groups is 2. The van der Waals surface area contributed by atoms with Gasteiger partial charge in [0.05, 0.1) is 87.0 Å². The van der Waals surface area contributed by atoms with Crippen molar-refractivity contribution in [3.8, 4) is 0 Å². The second-order valence-corrected chi connectivity index (χ2v) is 28.7. The fourth-order valence-corrected chi connectivity index (χ4v) is 12.2. The lowest BCUT2D eigenvalue weighted by molar-refractivity contribution is -0.146. The van der Waals surface area contributed by atoms with E-state index in [1.54, 1.807) is 36.5 Å². The molecule has 692 valence electrons. The number of fused-ring (bicyclic) bond motifs is 1. The number of benzene rings is 2. The summed E-state index contributed by atoms with van der Waals surface area (Å²) in [6.07, 6.45) is 0.809. The van der Waals surface area contributed by atoms with Gasteiger partial charge in [0.15, 0.2) is 5.78 Å². The van der Waals surface area contributed by atoms with Gasteiger partial charge >= 0.3 is 5.97 Å². The van der Waals surface area contributed by atoms with E-state index in [9.17, 15) is 106 Å². The molecule has 0 aliphatic carbocycles. The highest BCUT2D eigenvalue weighted by Crippen LogP contribution is 2.21. The normalized spacial score (nSPS) is 14.0. The van der Waals surface area contributed by atoms with Crippen molar-refractivity contribution in [3.63, 3.8) is 0 Å². The Balaban J connectivity index is 1.80. The number of Topliss-reactive ketones (excluding diaryl/α,β-unsaturated/α-hetero) is 1. The van der Waals surface area contributed by atoms with Crippen molar-refractivity contribution in [3.05, 3.63) is 65.9 Å². The molecule has 0 saturated heterocycles. The number of amides is 18. The van der Waals surface area contributed by atoms with Gasteiger partial charge in [0.25, 0.3) is 0 Å². The number of carbonyl (C=O) groups is 20. The molecule has 18 amide bonds. The van der Waals surface area contributed by atoms with Gasteiger partial charge in [0.2, 0.25) is 106 Å². The number of esters is 1. The molecule has 0 saturated carbocycles. The number of H-pyrrole nitrogens is 1. The number of para-hydroxylation sites is 2. The lowest BCUT2D eigenvalue weighted by Gasteiger charge is -2.28. The van der Waals surface area contributed by atoms with Crippen molar-refractivity contribution in [2.45, 2.75) is 209 Å². The van der Waals surface area contributed by atoms with Crippen LogP contribution in [0.5, 0.6) is 0 Å². The monoisotopic (exact) mass is 1770 g/mol. The minimum absolute atomic E-state index is 0.00277. The predicted octanol–water partition coefficient (Wildman–Crippen LogP) is -7.64. The van der Waals surface area contributed by atoms with E-state index in [4.69, 9.17) is 21.9 Å². The average molecular weight is 1770 g/mol. The number of methoxy groups -OCH3 is 1. The molecular formula is C77H117N21O27. The third kappa shape index (κ3) is 38.6. The standard InChI is InChI=1S/C77H117N21O27/c1-10-11-12-13-14-15-16-27-58(103)86-49(30-43-36-81-47-25-20-18-22-44(43)47)71(114)89-50(32-57(80)102)72(115)91-53(35-62(107)98-125-9)73(116)94-66(42(4)100)75(118)83-38-63(108)85-48(26-21-28-78)69(112)90-52(34-61(106)97-124-8)70(113)84-41(3)67(110)88-51(33-60(105)96-123-7)68(111)82-37-64(109)87-55(39-99)74(117)93-65(40(2)29-59(104)95-122-6)76(119)92-54(77(120)121-5)31-56(101)45-23-17-19-24-46(45)79/h17-20,22-25,36,40-42,48-55,65-66,81,99-100H,10-16,21,26-35,37-39,78-79H2,1-9H3,(H2,80,102)(H,82,111)(H,83,118)(H,84,113)(H,85,108)(H,86,103)(H,87,109)(H,88,110)(H,89,114)(H,90,112)(H,91,115)(H,92,119)(H,93,117)(H,94,116)(H,95,104)(H,96,105)(H,97,106)(H,98,107)/t40-,41-,42-,48+,49+,50-,51+,52+,53+,54+,55-,65+,66+/m1/s1. The Bertz CT molecular complexity index is 4210. The van der Waals surface area contributed by atoms with Crippen molar-refractivity contribution in [2.24, 2.45) is 17.4 Å². The van der Waals surface area contributed by atoms with Gasteiger partial charge in [-0.05, 0) is 69.3 Å². The number of nitrogens with one attached hydrogen (secondary N) is 18. The number of unbranched alkanes of at least 4 members (excludes halogenated alkanes) is 6. The number of hydrogen-bond donors (Lipinski definition) is 23. The third-order valence-electron chi connectivity index (χ3n) is 18.7. The van der Waals surface area contributed by atoms with Crippen molar-refractivity contribution in [1.29, 1.82) is 0 Å². The zero-order valence-electron chi connectivity index (χ0n) is 70.9. The lowest BCUT2D eigenvalue weighted by Crippen LogP contribution is -2.61. The summed E-state index contributed by atoms with van der Waals surface area (Å²) in [7, 11) is 5.16. The minimum atomic E-state index is -2.01. The molecule has 0 unspecified atom stereocenters. The fourth-order valence-electron chi connectivity index (χ4n) is 12.2. The number of ketones is 1. The van der Waals surface area contributed by atoms with E-state index in [1.165, 1.54) is 25.1 Å². The smallest absolute Gasteiger partial charge is 0.328 e. The zero-order valence-corrected chi connectivity index (χ0v) is 70.9. The molecule has 0 spiro atoms. The van der Waals surface area contributed by atoms with E-state index in [1.807, 2.05) is 21.9 Å². The van der Waals surface area contributed by atoms with Crippen LogP contribution >= 0.6 is 0 Å². The molecule has 0 bridgehead atoms. The van der Waals surface area contributed by atoms with Gasteiger partial charge in [-0.25, -0.2) is 26.7 Å². The molecule has 48 heteroatoms. The number of hydrogen-bond acceptors (Lipinski definition) is 29. The number of nitrogen functional groups attached to an aromatic ring is 1. The van der Waals surface area contributed by atoms with Crippen LogP contribution in [0.1, 0.15) is 146 Å². The summed E-state index contributed by atoms with van der Waals surface area (Å²) in [5.41, 5.74) is 26.5. The van der Waals surface area contributed by atoms with Crippen LogP contribution in [0.2, 0.25) is 0 Å². The number of nitrogens with two attached hydrogens (primary N) is 3. The summed E-state index contributed by atoms with van der Waals surface area (Å²) in [5.74, 6) is -23.2. The predicted molar refractivity (Wildman–Crippen MR) is 438 cm³/mol. The number of ether oxygens (including phenoxy) is 1. The van der Waals surface area contributed by atoms with Crippen LogP contribution in [-0.2, 0) is 122 Å². The number of aromatic amines is 1. The molecule has 0 aliphatic heterocycles. The second-order valence-electron chi connectivity index (χ2n) is 28.7. The van der Waals surface area contributed by atoms with Gasteiger partial charge in [-0.3, -0.25) is 110 Å². The summed E-state index contributed by atoms with van der Waals surface area (Å²) >= 11 is 0. The number of primary amides is 1. The first-order valence-corrected chi connectivity index (χ1v) is 39.8. The summed E-state index contributed by atoms with van der Waals surface area (Å²) in [5, 5.41) is 51.5. The molecule has 26 N–H and O–H groups in total. The highest BCUT2D eigenvalue weighted by atomic mass is 16.7. The molecule has 0 fully saturated rings. The molecular weight excluding hydrogens is 1650 g/mol. The fraction of sp³-hybridized carbons (Fsp3) is 0.558. The lowest BCUT2D eigenvalue weighted by atomic mass is 9.95. The first kappa shape index (κ1) is 106. The Labute approximate surface area is 718 Å². The minimum Gasteiger partial charge on any atom is -0.467 e. The molecule has 1 heterocycles. The van der Waals surface area contributed by atoms with Crippen LogP contribution in [0, 0.1) is 5.92 Å². The molecule has 3 rings (SSSR count). The number of rotatable bonds is 59. The van der Waals surface area contributed by atoms with Gasteiger partial charge in [-0.15, -0.1) is 0 Å². The molecule has 2 aromatic carbocycles. The van der Waals surface area contributed by atoms with Gasteiger partial charge in [0.1, 0.15) is 66.5 Å². The van der Waals surface area contributed by atoms with E-state index in [-0.39, 0.29) is 43.5 Å². The topological polar surface area (TPSA) is 726 Å². The van der Waals surface area contributed by atoms with E-state index in [0.29, 0.717) is 22.9 Å². The Morgan fingerprint density at radius 2 is 0.880 bits per heavy atom. The molecule has 48 nitrogen and oxygen atoms in total. The van der Waals surface area contributed by atoms with E-state index >= 15 is 0 Å². The van der Waals surface area contributed by atoms with Crippen LogP contribution in [-0.4, -0.2) is 268 Å². The van der Waals surface area contributed by atoms with E-state index in [2.05, 4.69) is 100 Å². The molecule has 3 aromatic rings. The third-order valence-corrected chi connectivity index (χ3v) is 18.7. The van der Waals surface area contributed by atoms with E-state index in [0.717, 1.165) is 87.9 Å². The first-order chi connectivity index (χ1) is 59.4. The van der Waals surface area contributed by atoms with Gasteiger partial charge in [0, 0.05) is 54.0 Å². The van der Waals surface area contributed by atoms with Gasteiger partial charge in [-0.1, -0.05) is 82.7 Å². The van der Waals surface area contributed by atoms with Crippen LogP contribution in [0.25, 0.3) is 10.9 Å². The highest BCUT2D eigenvalue weighted by molar-refractivity contribution is 6.05. The summed E-state index contributed by atoms with van der Waals surface area (Å²) in [4.78, 5) is 292. The van der Waals surface area contributed by atoms with Crippen LogP contribution in [0.3, 0.4) is 0 Å². The molecule has 0 radical (unpaired) electrons. The quantitative estimate of drug-likeness (QED) is 0.00821. The van der Waals surface area contributed by atoms with Gasteiger partial charge < -0.3 is 106 Å². The summed E-state index contributed by atoms with van der Waals surface area (Å²) in [6.45, 7) is 2.10. The highest BCUT2D eigenvalue weighted by Gasteiger charge is 2.39. The Kier molecular flexibility index (Phi) is 48.2. The Hall–Kier alpha value is -12.9. The van der Waals surface area contributed by atoms with Crippen molar-refractivity contribution in [2.75, 3.05) is 67.5 Å². The summed E-state index contributed by atoms with van der Waals surface area (Å²) < 4.78 is 4.80. The SMILES string of the molecule is CCCCCCCCCC(=O)N[C@@H](Cc1c[nH]c2ccccc12)C(=O)N[C@H](CC(N)=O)C(=O)N[C@@H](CC(=O)NOC)C(=O)N[C@H](C(=O)NCC(=O)N[C@@H](CCCN)C(=O)N[C@@H](CC(=O)NOC)C(=O)N[C@H](C)C(=O)N[C@@H](CC(=O)NOC)C(=O)NCC(=O)N[C@H](CO)C(=O)N[C@H](C(=O)N[C@@H](CC(=O)c1ccccc1N)C(=O)OC)[C@H](C)CC(=O)NOC)[C@@H](C)O. The molecule has 1 aromatic heterocycles. The summed E-state index contributed by atoms with van der Waals surface area (Å²) in [6, 6.07) is -7.00. The van der Waals surface area contributed by atoms with Gasteiger partial charge in [-0.2, -0.15) is 0 Å². The average Bonchev–Trinajstić information content (AvgIpc) is 1.64. The van der Waals surface area contributed by atoms with Crippen LogP contribution in [0.4, 0.5) is 5.69 Å². The number of anilines is 1. The Morgan fingerprint density at radius 3 is 1.42 bits per heavy atom. The van der Waals surface area contributed by atoms with Crippen LogP contribution < -0.4 is 108 Å². The number of aliphatic hydroxyl groups excluding tert-OH is 2. The van der Waals surface area contributed by atoms with Crippen molar-refractivity contribution < 1.29 is 130 Å². The first-order valence-electron chi connectivity index (χ1n) is 39.8. The van der Waals surface area contributed by atoms with Crippen molar-refractivity contribution in [1.82, 2.24) is 96.0 Å². The van der Waals surface area contributed by atoms with Crippen molar-refractivity contribution >= 4 is 135 Å².